The Morgan fingerprint density at radius 2 is 1.56 bits per heavy atom. The van der Waals surface area contributed by atoms with Gasteiger partial charge in [0.2, 0.25) is 11.8 Å². The van der Waals surface area contributed by atoms with Gasteiger partial charge >= 0.3 is 0 Å². The Morgan fingerprint density at radius 3 is 1.94 bits per heavy atom. The van der Waals surface area contributed by atoms with Crippen molar-refractivity contribution >= 4 is 11.8 Å². The van der Waals surface area contributed by atoms with Crippen LogP contribution in [0.15, 0.2) is 0 Å². The largest absolute Gasteiger partial charge is 0.294 e. The van der Waals surface area contributed by atoms with Crippen molar-refractivity contribution < 1.29 is 9.59 Å². The molecule has 2 atom stereocenters. The standard InChI is InChI=1S/C13H15N3O2/c1-8-2-4-13(5-3-8)9(6-14)11(17)16-12(18)10(13)7-15/h8-10H,2-5H2,1H3,(H,16,17,18)/t8?,9-,10+,13?. The van der Waals surface area contributed by atoms with Crippen LogP contribution in [0.25, 0.3) is 0 Å². The van der Waals surface area contributed by atoms with Crippen LogP contribution in [0.5, 0.6) is 0 Å². The van der Waals surface area contributed by atoms with E-state index in [0.29, 0.717) is 18.8 Å². The monoisotopic (exact) mass is 245 g/mol. The van der Waals surface area contributed by atoms with Gasteiger partial charge in [-0.25, -0.2) is 0 Å². The number of amides is 2. The second-order valence-corrected chi connectivity index (χ2v) is 5.39. The first kappa shape index (κ1) is 12.6. The molecule has 2 fully saturated rings. The summed E-state index contributed by atoms with van der Waals surface area (Å²) in [7, 11) is 0. The summed E-state index contributed by atoms with van der Waals surface area (Å²) in [5.41, 5.74) is -0.768. The summed E-state index contributed by atoms with van der Waals surface area (Å²) in [6.45, 7) is 2.11. The maximum Gasteiger partial charge on any atom is 0.244 e. The number of piperidine rings is 1. The van der Waals surface area contributed by atoms with Crippen LogP contribution in [0, 0.1) is 45.8 Å². The Kier molecular flexibility index (Phi) is 3.09. The Morgan fingerprint density at radius 1 is 1.11 bits per heavy atom. The van der Waals surface area contributed by atoms with Crippen LogP contribution >= 0.6 is 0 Å². The number of nitrogens with zero attached hydrogens (tertiary/aromatic N) is 2. The second-order valence-electron chi connectivity index (χ2n) is 5.39. The molecule has 0 aromatic heterocycles. The summed E-state index contributed by atoms with van der Waals surface area (Å²) in [5, 5.41) is 20.6. The molecule has 0 radical (unpaired) electrons. The molecule has 2 aliphatic rings. The second kappa shape index (κ2) is 4.42. The molecule has 1 saturated carbocycles. The van der Waals surface area contributed by atoms with E-state index < -0.39 is 29.1 Å². The summed E-state index contributed by atoms with van der Waals surface area (Å²) >= 11 is 0. The van der Waals surface area contributed by atoms with E-state index in [1.807, 2.05) is 12.1 Å². The summed E-state index contributed by atoms with van der Waals surface area (Å²) in [6.07, 6.45) is 2.92. The summed E-state index contributed by atoms with van der Waals surface area (Å²) in [5.74, 6) is -2.32. The molecule has 2 amide bonds. The quantitative estimate of drug-likeness (QED) is 0.647. The maximum absolute atomic E-state index is 11.8. The highest BCUT2D eigenvalue weighted by Gasteiger charge is 2.56. The molecular formula is C13H15N3O2. The number of nitriles is 2. The van der Waals surface area contributed by atoms with Gasteiger partial charge in [0, 0.05) is 5.41 Å². The third-order valence-electron chi connectivity index (χ3n) is 4.38. The van der Waals surface area contributed by atoms with Crippen LogP contribution < -0.4 is 5.32 Å². The van der Waals surface area contributed by atoms with Gasteiger partial charge in [0.05, 0.1) is 12.1 Å². The minimum atomic E-state index is -0.882. The SMILES string of the molecule is CC1CCC2(CC1)[C@H](C#N)C(=O)NC(=O)[C@@H]2C#N. The third-order valence-corrected chi connectivity index (χ3v) is 4.38. The lowest BCUT2D eigenvalue weighted by molar-refractivity contribution is -0.147. The first-order valence-corrected chi connectivity index (χ1v) is 6.19. The molecule has 2 rings (SSSR count). The van der Waals surface area contributed by atoms with Gasteiger partial charge in [-0.15, -0.1) is 0 Å². The van der Waals surface area contributed by atoms with E-state index in [4.69, 9.17) is 0 Å². The third kappa shape index (κ3) is 1.67. The van der Waals surface area contributed by atoms with E-state index in [0.717, 1.165) is 12.8 Å². The van der Waals surface area contributed by atoms with Crippen molar-refractivity contribution in [2.75, 3.05) is 0 Å². The van der Waals surface area contributed by atoms with E-state index in [1.165, 1.54) is 0 Å². The molecule has 1 saturated heterocycles. The number of hydrogen-bond donors (Lipinski definition) is 1. The summed E-state index contributed by atoms with van der Waals surface area (Å²) in [6, 6.07) is 4.00. The molecule has 0 bridgehead atoms. The molecule has 1 N–H and O–H groups in total. The van der Waals surface area contributed by atoms with E-state index in [1.54, 1.807) is 0 Å². The van der Waals surface area contributed by atoms with Gasteiger partial charge in [-0.3, -0.25) is 14.9 Å². The number of carbonyl (C=O) groups excluding carboxylic acids is 2. The molecule has 1 aliphatic heterocycles. The van der Waals surface area contributed by atoms with Crippen molar-refractivity contribution in [3.8, 4) is 12.1 Å². The lowest BCUT2D eigenvalue weighted by Gasteiger charge is -2.46. The van der Waals surface area contributed by atoms with Crippen LogP contribution in [0.4, 0.5) is 0 Å². The van der Waals surface area contributed by atoms with Crippen LogP contribution in [0.1, 0.15) is 32.6 Å². The molecule has 0 unspecified atom stereocenters. The van der Waals surface area contributed by atoms with Crippen molar-refractivity contribution in [1.82, 2.24) is 5.32 Å². The Bertz CT molecular complexity index is 430. The van der Waals surface area contributed by atoms with Crippen molar-refractivity contribution in [1.29, 1.82) is 10.5 Å². The van der Waals surface area contributed by atoms with Gasteiger partial charge in [0.15, 0.2) is 0 Å². The smallest absolute Gasteiger partial charge is 0.244 e. The van der Waals surface area contributed by atoms with E-state index in [2.05, 4.69) is 12.2 Å². The molecular weight excluding hydrogens is 230 g/mol. The molecule has 1 aliphatic carbocycles. The molecule has 94 valence electrons. The fourth-order valence-corrected chi connectivity index (χ4v) is 3.21. The average Bonchev–Trinajstić information content (AvgIpc) is 2.33. The number of hydrogen-bond acceptors (Lipinski definition) is 4. The number of rotatable bonds is 0. The molecule has 0 aromatic carbocycles. The lowest BCUT2D eigenvalue weighted by Crippen LogP contribution is -2.58. The van der Waals surface area contributed by atoms with Gasteiger partial charge in [0.1, 0.15) is 11.8 Å². The van der Waals surface area contributed by atoms with Crippen molar-refractivity contribution in [3.63, 3.8) is 0 Å². The van der Waals surface area contributed by atoms with E-state index in [-0.39, 0.29) is 0 Å². The Labute approximate surface area is 106 Å². The number of imide groups is 1. The van der Waals surface area contributed by atoms with Gasteiger partial charge in [-0.1, -0.05) is 19.8 Å². The minimum absolute atomic E-state index is 0.523. The zero-order chi connectivity index (χ0) is 13.3. The summed E-state index contributed by atoms with van der Waals surface area (Å²) < 4.78 is 0. The Balaban J connectivity index is 2.43. The van der Waals surface area contributed by atoms with Crippen molar-refractivity contribution in [2.45, 2.75) is 32.6 Å². The van der Waals surface area contributed by atoms with Gasteiger partial charge in [-0.05, 0) is 18.8 Å². The number of carbonyl (C=O) groups is 2. The maximum atomic E-state index is 11.8. The fourth-order valence-electron chi connectivity index (χ4n) is 3.21. The predicted octanol–water partition coefficient (Wildman–Crippen LogP) is 1.12. The molecule has 5 heteroatoms. The highest BCUT2D eigenvalue weighted by molar-refractivity contribution is 6.03. The Hall–Kier alpha value is -1.88. The van der Waals surface area contributed by atoms with Crippen molar-refractivity contribution in [2.24, 2.45) is 23.2 Å². The number of nitrogens with one attached hydrogen (secondary N) is 1. The van der Waals surface area contributed by atoms with Crippen molar-refractivity contribution in [3.05, 3.63) is 0 Å². The minimum Gasteiger partial charge on any atom is -0.294 e. The van der Waals surface area contributed by atoms with E-state index >= 15 is 0 Å². The lowest BCUT2D eigenvalue weighted by atomic mass is 9.56. The normalized spacial score (nSPS) is 39.8. The van der Waals surface area contributed by atoms with E-state index in [9.17, 15) is 20.1 Å². The van der Waals surface area contributed by atoms with Gasteiger partial charge in [0.25, 0.3) is 0 Å². The van der Waals surface area contributed by atoms with Crippen LogP contribution in [0.3, 0.4) is 0 Å². The van der Waals surface area contributed by atoms with Crippen LogP contribution in [0.2, 0.25) is 0 Å². The summed E-state index contributed by atoms with van der Waals surface area (Å²) in [4.78, 5) is 23.6. The van der Waals surface area contributed by atoms with Gasteiger partial charge in [-0.2, -0.15) is 10.5 Å². The van der Waals surface area contributed by atoms with Gasteiger partial charge < -0.3 is 0 Å². The predicted molar refractivity (Wildman–Crippen MR) is 61.4 cm³/mol. The zero-order valence-electron chi connectivity index (χ0n) is 10.3. The first-order chi connectivity index (χ1) is 8.55. The van der Waals surface area contributed by atoms with Crippen LogP contribution in [-0.4, -0.2) is 11.8 Å². The molecule has 1 spiro atoms. The van der Waals surface area contributed by atoms with Crippen LogP contribution in [-0.2, 0) is 9.59 Å². The average molecular weight is 245 g/mol. The molecule has 1 heterocycles. The first-order valence-electron chi connectivity index (χ1n) is 6.19. The zero-order valence-corrected chi connectivity index (χ0v) is 10.3. The fraction of sp³-hybridized carbons (Fsp3) is 0.692. The topological polar surface area (TPSA) is 93.8 Å². The molecule has 5 nitrogen and oxygen atoms in total. The molecule has 18 heavy (non-hydrogen) atoms. The highest BCUT2D eigenvalue weighted by Crippen LogP contribution is 2.51. The molecule has 0 aromatic rings. The highest BCUT2D eigenvalue weighted by atomic mass is 16.2.